The van der Waals surface area contributed by atoms with Crippen LogP contribution in [0.5, 0.6) is 0 Å². The van der Waals surface area contributed by atoms with Gasteiger partial charge in [0.2, 0.25) is 5.91 Å². The number of quaternary nitrogens is 1. The topological polar surface area (TPSA) is 62.1 Å². The van der Waals surface area contributed by atoms with E-state index in [1.807, 2.05) is 11.0 Å². The highest BCUT2D eigenvalue weighted by Gasteiger charge is 2.37. The van der Waals surface area contributed by atoms with Crippen molar-refractivity contribution in [2.45, 2.75) is 38.1 Å². The Morgan fingerprint density at radius 3 is 2.23 bits per heavy atom. The van der Waals surface area contributed by atoms with Gasteiger partial charge in [-0.1, -0.05) is 25.0 Å². The van der Waals surface area contributed by atoms with Crippen LogP contribution in [0.2, 0.25) is 0 Å². The lowest BCUT2D eigenvalue weighted by atomic mass is 10.1. The summed E-state index contributed by atoms with van der Waals surface area (Å²) in [7, 11) is -2.84. The van der Waals surface area contributed by atoms with E-state index in [-0.39, 0.29) is 11.9 Å². The summed E-state index contributed by atoms with van der Waals surface area (Å²) in [4.78, 5) is 18.3. The summed E-state index contributed by atoms with van der Waals surface area (Å²) < 4.78 is 23.4. The molecule has 1 atom stereocenters. The number of rotatable bonds is 4. The van der Waals surface area contributed by atoms with Gasteiger partial charge in [0.15, 0.2) is 9.84 Å². The third-order valence-corrected chi connectivity index (χ3v) is 8.58. The van der Waals surface area contributed by atoms with Gasteiger partial charge in [0.25, 0.3) is 0 Å². The largest absolute Gasteiger partial charge is 0.372 e. The first kappa shape index (κ1) is 21.4. The fourth-order valence-corrected chi connectivity index (χ4v) is 6.76. The van der Waals surface area contributed by atoms with E-state index in [0.29, 0.717) is 24.6 Å². The van der Waals surface area contributed by atoms with Crippen LogP contribution in [0, 0.1) is 0 Å². The maximum Gasteiger partial charge on any atom is 0.246 e. The first-order valence-corrected chi connectivity index (χ1v) is 13.2. The van der Waals surface area contributed by atoms with Crippen molar-refractivity contribution in [1.29, 1.82) is 0 Å². The second-order valence-electron chi connectivity index (χ2n) is 8.91. The molecule has 1 N–H and O–H groups in total. The Hall–Kier alpha value is -1.86. The Bertz CT molecular complexity index is 850. The quantitative estimate of drug-likeness (QED) is 0.721. The Morgan fingerprint density at radius 1 is 0.967 bits per heavy atom. The summed E-state index contributed by atoms with van der Waals surface area (Å²) >= 11 is 0. The molecule has 7 heteroatoms. The zero-order valence-corrected chi connectivity index (χ0v) is 18.6. The zero-order chi connectivity index (χ0) is 21.0. The van der Waals surface area contributed by atoms with Crippen LogP contribution in [-0.4, -0.2) is 76.0 Å². The molecule has 0 radical (unpaired) electrons. The van der Waals surface area contributed by atoms with Crippen LogP contribution in [0.3, 0.4) is 0 Å². The van der Waals surface area contributed by atoms with Gasteiger partial charge in [0.1, 0.15) is 11.8 Å². The highest BCUT2D eigenvalue weighted by molar-refractivity contribution is 7.91. The first-order valence-electron chi connectivity index (χ1n) is 11.4. The molecule has 3 heterocycles. The third-order valence-electron chi connectivity index (χ3n) is 6.81. The molecular weight excluding hydrogens is 398 g/mol. The van der Waals surface area contributed by atoms with Crippen molar-refractivity contribution in [3.05, 3.63) is 35.9 Å². The summed E-state index contributed by atoms with van der Waals surface area (Å²) in [5.41, 5.74) is 2.32. The Balaban J connectivity index is 1.27. The lowest BCUT2D eigenvalue weighted by Crippen LogP contribution is -3.18. The fraction of sp³-hybridized carbons (Fsp3) is 0.609. The van der Waals surface area contributed by atoms with E-state index in [2.05, 4.69) is 29.2 Å². The molecule has 0 bridgehead atoms. The number of amides is 1. The molecule has 0 aromatic heterocycles. The van der Waals surface area contributed by atoms with E-state index in [1.165, 1.54) is 36.3 Å². The van der Waals surface area contributed by atoms with Crippen molar-refractivity contribution < 1.29 is 18.1 Å². The molecule has 0 unspecified atom stereocenters. The maximum atomic E-state index is 12.6. The second kappa shape index (κ2) is 9.52. The van der Waals surface area contributed by atoms with Gasteiger partial charge >= 0.3 is 0 Å². The van der Waals surface area contributed by atoms with Crippen LogP contribution in [0.1, 0.15) is 37.7 Å². The number of hydrogen-bond donors (Lipinski definition) is 1. The number of hydrogen-bond acceptors (Lipinski definition) is 4. The minimum absolute atomic E-state index is 0.0460. The Labute approximate surface area is 180 Å². The number of piperazine rings is 1. The SMILES string of the molecule is O=C(/C=C/c1ccc(N2CCCCCC2)cc1)N1CC[NH+]([C@H]2CCS(=O)(=O)C2)CC1. The van der Waals surface area contributed by atoms with Crippen molar-refractivity contribution in [1.82, 2.24) is 4.90 Å². The number of carbonyl (C=O) groups is 1. The molecule has 3 saturated heterocycles. The van der Waals surface area contributed by atoms with Crippen molar-refractivity contribution in [3.8, 4) is 0 Å². The monoisotopic (exact) mass is 432 g/mol. The normalized spacial score (nSPS) is 25.5. The molecule has 0 spiro atoms. The standard InChI is InChI=1S/C23H33N3O3S/c27-23(26-16-14-25(15-17-26)22-11-18-30(28,29)19-22)10-7-20-5-8-21(9-6-20)24-12-3-1-2-4-13-24/h5-10,22H,1-4,11-19H2/p+1/b10-7+/t22-/m0/s1. The predicted octanol–water partition coefficient (Wildman–Crippen LogP) is 0.994. The van der Waals surface area contributed by atoms with Gasteiger partial charge in [-0.3, -0.25) is 4.79 Å². The summed E-state index contributed by atoms with van der Waals surface area (Å²) in [5.74, 6) is 0.678. The van der Waals surface area contributed by atoms with Crippen LogP contribution in [0.25, 0.3) is 6.08 Å². The summed E-state index contributed by atoms with van der Waals surface area (Å²) in [6, 6.07) is 8.71. The molecule has 3 aliphatic heterocycles. The van der Waals surface area contributed by atoms with Crippen LogP contribution >= 0.6 is 0 Å². The number of carbonyl (C=O) groups excluding carboxylic acids is 1. The molecule has 0 aliphatic carbocycles. The number of nitrogens with one attached hydrogen (secondary N) is 1. The van der Waals surface area contributed by atoms with E-state index in [9.17, 15) is 13.2 Å². The highest BCUT2D eigenvalue weighted by Crippen LogP contribution is 2.20. The van der Waals surface area contributed by atoms with Gasteiger partial charge < -0.3 is 14.7 Å². The molecule has 30 heavy (non-hydrogen) atoms. The first-order chi connectivity index (χ1) is 14.5. The minimum Gasteiger partial charge on any atom is -0.372 e. The molecule has 3 aliphatic rings. The second-order valence-corrected chi connectivity index (χ2v) is 11.1. The van der Waals surface area contributed by atoms with Crippen molar-refractivity contribution >= 4 is 27.5 Å². The molecule has 164 valence electrons. The molecular formula is C23H34N3O3S+. The highest BCUT2D eigenvalue weighted by atomic mass is 32.2. The van der Waals surface area contributed by atoms with Crippen LogP contribution in [0.15, 0.2) is 30.3 Å². The van der Waals surface area contributed by atoms with Crippen LogP contribution in [0.4, 0.5) is 5.69 Å². The van der Waals surface area contributed by atoms with Crippen LogP contribution in [-0.2, 0) is 14.6 Å². The average Bonchev–Trinajstić information content (AvgIpc) is 2.95. The van der Waals surface area contributed by atoms with Crippen molar-refractivity contribution in [3.63, 3.8) is 0 Å². The number of sulfone groups is 1. The minimum atomic E-state index is -2.84. The Kier molecular flexibility index (Phi) is 6.78. The molecule has 1 amide bonds. The Morgan fingerprint density at radius 2 is 1.63 bits per heavy atom. The third kappa shape index (κ3) is 5.43. The van der Waals surface area contributed by atoms with Gasteiger partial charge in [-0.25, -0.2) is 8.42 Å². The molecule has 4 rings (SSSR count). The molecule has 1 aromatic rings. The number of benzene rings is 1. The summed E-state index contributed by atoms with van der Waals surface area (Å²) in [6.45, 7) is 5.34. The zero-order valence-electron chi connectivity index (χ0n) is 17.8. The maximum absolute atomic E-state index is 12.6. The molecule has 0 saturated carbocycles. The van der Waals surface area contributed by atoms with Gasteiger partial charge in [0.05, 0.1) is 31.9 Å². The van der Waals surface area contributed by atoms with E-state index >= 15 is 0 Å². The fourth-order valence-electron chi connectivity index (χ4n) is 4.94. The van der Waals surface area contributed by atoms with E-state index in [4.69, 9.17) is 0 Å². The summed E-state index contributed by atoms with van der Waals surface area (Å²) in [6.07, 6.45) is 9.52. The molecule has 1 aromatic carbocycles. The summed E-state index contributed by atoms with van der Waals surface area (Å²) in [5, 5.41) is 0. The lowest BCUT2D eigenvalue weighted by Gasteiger charge is -2.34. The molecule has 3 fully saturated rings. The van der Waals surface area contributed by atoms with E-state index < -0.39 is 9.84 Å². The smallest absolute Gasteiger partial charge is 0.246 e. The lowest BCUT2D eigenvalue weighted by molar-refractivity contribution is -0.925. The van der Waals surface area contributed by atoms with E-state index in [0.717, 1.165) is 38.2 Å². The van der Waals surface area contributed by atoms with Gasteiger partial charge in [-0.05, 0) is 36.6 Å². The average molecular weight is 433 g/mol. The van der Waals surface area contributed by atoms with Crippen molar-refractivity contribution in [2.24, 2.45) is 0 Å². The van der Waals surface area contributed by atoms with Gasteiger partial charge in [-0.15, -0.1) is 0 Å². The van der Waals surface area contributed by atoms with Crippen molar-refractivity contribution in [2.75, 3.05) is 55.7 Å². The number of nitrogens with zero attached hydrogens (tertiary/aromatic N) is 2. The van der Waals surface area contributed by atoms with Crippen LogP contribution < -0.4 is 9.80 Å². The number of anilines is 1. The predicted molar refractivity (Wildman–Crippen MR) is 120 cm³/mol. The van der Waals surface area contributed by atoms with E-state index in [1.54, 1.807) is 6.08 Å². The van der Waals surface area contributed by atoms with Gasteiger partial charge in [-0.2, -0.15) is 0 Å². The molecule has 6 nitrogen and oxygen atoms in total. The van der Waals surface area contributed by atoms with Gasteiger partial charge in [0, 0.05) is 31.3 Å².